The summed E-state index contributed by atoms with van der Waals surface area (Å²) in [5.41, 5.74) is 0.400. The monoisotopic (exact) mass is 291 g/mol. The molecular weight excluding hydrogens is 277 g/mol. The van der Waals surface area contributed by atoms with Crippen LogP contribution < -0.4 is 10.3 Å². The number of carbonyl (C=O) groups excluding carboxylic acids is 1. The van der Waals surface area contributed by atoms with E-state index in [1.807, 2.05) is 0 Å². The Balaban J connectivity index is 2.78. The molecule has 0 bridgehead atoms. The number of hydrogen-bond donors (Lipinski definition) is 0. The Kier molecular flexibility index (Phi) is 4.07. The number of ether oxygens (including phenoxy) is 2. The topological polar surface area (TPSA) is 57.5 Å². The van der Waals surface area contributed by atoms with Gasteiger partial charge in [-0.25, -0.2) is 9.18 Å². The van der Waals surface area contributed by atoms with Gasteiger partial charge in [0.1, 0.15) is 11.6 Å². The normalized spacial score (nSPS) is 10.3. The highest BCUT2D eigenvalue weighted by Crippen LogP contribution is 2.24. The van der Waals surface area contributed by atoms with Crippen LogP contribution in [0.5, 0.6) is 5.75 Å². The summed E-state index contributed by atoms with van der Waals surface area (Å²) in [7, 11) is 2.67. The number of pyridine rings is 1. The second-order valence-corrected chi connectivity index (χ2v) is 4.31. The van der Waals surface area contributed by atoms with E-state index in [1.54, 1.807) is 6.92 Å². The molecule has 1 aromatic heterocycles. The van der Waals surface area contributed by atoms with Gasteiger partial charge < -0.3 is 9.47 Å². The van der Waals surface area contributed by atoms with Crippen molar-refractivity contribution < 1.29 is 18.7 Å². The first-order chi connectivity index (χ1) is 9.99. The van der Waals surface area contributed by atoms with Gasteiger partial charge in [0, 0.05) is 17.8 Å². The fourth-order valence-corrected chi connectivity index (χ4v) is 2.10. The van der Waals surface area contributed by atoms with Crippen LogP contribution in [0, 0.1) is 12.7 Å². The lowest BCUT2D eigenvalue weighted by atomic mass is 10.1. The molecule has 2 aromatic rings. The van der Waals surface area contributed by atoms with Crippen LogP contribution in [0.2, 0.25) is 0 Å². The molecule has 0 fully saturated rings. The Hall–Kier alpha value is -2.63. The molecule has 0 radical (unpaired) electrons. The Labute approximate surface area is 120 Å². The molecule has 0 amide bonds. The average Bonchev–Trinajstić information content (AvgIpc) is 2.47. The van der Waals surface area contributed by atoms with Crippen LogP contribution in [0.15, 0.2) is 35.1 Å². The highest BCUT2D eigenvalue weighted by atomic mass is 19.1. The molecule has 0 aliphatic heterocycles. The molecule has 0 aliphatic rings. The van der Waals surface area contributed by atoms with Gasteiger partial charge >= 0.3 is 5.97 Å². The van der Waals surface area contributed by atoms with E-state index in [9.17, 15) is 14.0 Å². The maximum Gasteiger partial charge on any atom is 0.339 e. The van der Waals surface area contributed by atoms with Crippen molar-refractivity contribution in [2.75, 3.05) is 14.2 Å². The minimum Gasteiger partial charge on any atom is -0.495 e. The van der Waals surface area contributed by atoms with Crippen LogP contribution in [0.25, 0.3) is 5.69 Å². The van der Waals surface area contributed by atoms with Crippen molar-refractivity contribution in [3.05, 3.63) is 57.8 Å². The molecule has 2 rings (SSSR count). The number of nitrogens with zero attached hydrogens (tertiary/aromatic N) is 1. The predicted molar refractivity (Wildman–Crippen MR) is 74.6 cm³/mol. The number of methoxy groups -OCH3 is 2. The summed E-state index contributed by atoms with van der Waals surface area (Å²) < 4.78 is 24.5. The van der Waals surface area contributed by atoms with E-state index in [2.05, 4.69) is 4.74 Å². The Morgan fingerprint density at radius 3 is 2.52 bits per heavy atom. The molecule has 0 atom stereocenters. The van der Waals surface area contributed by atoms with Crippen LogP contribution in [-0.4, -0.2) is 24.8 Å². The van der Waals surface area contributed by atoms with Gasteiger partial charge in [0.15, 0.2) is 0 Å². The van der Waals surface area contributed by atoms with Gasteiger partial charge in [-0.2, -0.15) is 0 Å². The van der Waals surface area contributed by atoms with Gasteiger partial charge in [-0.3, -0.25) is 9.36 Å². The minimum atomic E-state index is -0.573. The number of rotatable bonds is 3. The van der Waals surface area contributed by atoms with Gasteiger partial charge in [0.05, 0.1) is 25.5 Å². The number of benzene rings is 1. The lowest BCUT2D eigenvalue weighted by Gasteiger charge is -2.15. The van der Waals surface area contributed by atoms with Crippen LogP contribution in [0.3, 0.4) is 0 Å². The van der Waals surface area contributed by atoms with E-state index in [0.29, 0.717) is 11.4 Å². The van der Waals surface area contributed by atoms with E-state index in [4.69, 9.17) is 4.74 Å². The molecule has 21 heavy (non-hydrogen) atoms. The molecule has 6 heteroatoms. The molecule has 0 saturated heterocycles. The summed E-state index contributed by atoms with van der Waals surface area (Å²) in [6.07, 6.45) is 0. The highest BCUT2D eigenvalue weighted by molar-refractivity contribution is 5.90. The molecule has 0 unspecified atom stereocenters. The summed E-state index contributed by atoms with van der Waals surface area (Å²) in [6, 6.07) is 6.43. The van der Waals surface area contributed by atoms with Gasteiger partial charge in [0.25, 0.3) is 5.56 Å². The maximum absolute atomic E-state index is 13.5. The van der Waals surface area contributed by atoms with E-state index in [-0.39, 0.29) is 11.3 Å². The zero-order valence-electron chi connectivity index (χ0n) is 11.8. The molecular formula is C15H14FNO4. The number of hydrogen-bond acceptors (Lipinski definition) is 4. The highest BCUT2D eigenvalue weighted by Gasteiger charge is 2.17. The second-order valence-electron chi connectivity index (χ2n) is 4.31. The summed E-state index contributed by atoms with van der Waals surface area (Å²) in [5, 5.41) is 0. The Morgan fingerprint density at radius 1 is 1.19 bits per heavy atom. The Bertz CT molecular complexity index is 752. The fourth-order valence-electron chi connectivity index (χ4n) is 2.10. The third kappa shape index (κ3) is 2.65. The van der Waals surface area contributed by atoms with E-state index in [1.165, 1.54) is 49.1 Å². The van der Waals surface area contributed by atoms with Gasteiger partial charge in [0.2, 0.25) is 0 Å². The molecule has 0 spiro atoms. The van der Waals surface area contributed by atoms with Crippen LogP contribution >= 0.6 is 0 Å². The van der Waals surface area contributed by atoms with Gasteiger partial charge in [-0.1, -0.05) is 0 Å². The summed E-state index contributed by atoms with van der Waals surface area (Å²) >= 11 is 0. The molecule has 0 aliphatic carbocycles. The van der Waals surface area contributed by atoms with Crippen molar-refractivity contribution in [3.8, 4) is 11.4 Å². The second kappa shape index (κ2) is 5.78. The van der Waals surface area contributed by atoms with Gasteiger partial charge in [-0.15, -0.1) is 0 Å². The summed E-state index contributed by atoms with van der Waals surface area (Å²) in [4.78, 5) is 23.8. The van der Waals surface area contributed by atoms with E-state index in [0.717, 1.165) is 0 Å². The third-order valence-electron chi connectivity index (χ3n) is 3.13. The molecule has 0 saturated carbocycles. The first-order valence-corrected chi connectivity index (χ1v) is 6.14. The summed E-state index contributed by atoms with van der Waals surface area (Å²) in [6.45, 7) is 1.58. The molecule has 110 valence electrons. The quantitative estimate of drug-likeness (QED) is 0.812. The van der Waals surface area contributed by atoms with E-state index >= 15 is 0 Å². The van der Waals surface area contributed by atoms with Crippen LogP contribution in [-0.2, 0) is 4.74 Å². The minimum absolute atomic E-state index is 0.225. The summed E-state index contributed by atoms with van der Waals surface area (Å²) in [5.74, 6) is -0.763. The van der Waals surface area contributed by atoms with Crippen molar-refractivity contribution in [1.82, 2.24) is 4.57 Å². The molecule has 5 nitrogen and oxygen atoms in total. The largest absolute Gasteiger partial charge is 0.495 e. The first kappa shape index (κ1) is 14.8. The number of halogens is 1. The number of carbonyl (C=O) groups is 1. The standard InChI is InChI=1S/C15H14FNO4/c1-9-11(15(19)21-3)5-7-14(18)17(9)12-8-10(16)4-6-13(12)20-2/h4-8H,1-3H3. The number of aromatic nitrogens is 1. The third-order valence-corrected chi connectivity index (χ3v) is 3.13. The molecule has 0 N–H and O–H groups in total. The zero-order valence-corrected chi connectivity index (χ0v) is 11.8. The number of esters is 1. The van der Waals surface area contributed by atoms with Crippen molar-refractivity contribution in [3.63, 3.8) is 0 Å². The van der Waals surface area contributed by atoms with Crippen molar-refractivity contribution >= 4 is 5.97 Å². The average molecular weight is 291 g/mol. The fraction of sp³-hybridized carbons (Fsp3) is 0.200. The van der Waals surface area contributed by atoms with E-state index < -0.39 is 17.3 Å². The lowest BCUT2D eigenvalue weighted by Crippen LogP contribution is -2.23. The maximum atomic E-state index is 13.5. The first-order valence-electron chi connectivity index (χ1n) is 6.14. The van der Waals surface area contributed by atoms with Crippen molar-refractivity contribution in [2.24, 2.45) is 0 Å². The van der Waals surface area contributed by atoms with Gasteiger partial charge in [-0.05, 0) is 25.1 Å². The molecule has 1 heterocycles. The zero-order chi connectivity index (χ0) is 15.6. The van der Waals surface area contributed by atoms with Crippen LogP contribution in [0.1, 0.15) is 16.1 Å². The predicted octanol–water partition coefficient (Wildman–Crippen LogP) is 2.08. The Morgan fingerprint density at radius 2 is 1.90 bits per heavy atom. The van der Waals surface area contributed by atoms with Crippen molar-refractivity contribution in [2.45, 2.75) is 6.92 Å². The smallest absolute Gasteiger partial charge is 0.339 e. The van der Waals surface area contributed by atoms with Crippen LogP contribution in [0.4, 0.5) is 4.39 Å². The lowest BCUT2D eigenvalue weighted by molar-refractivity contribution is 0.0599. The van der Waals surface area contributed by atoms with Crippen molar-refractivity contribution in [1.29, 1.82) is 0 Å². The SMILES string of the molecule is COC(=O)c1ccc(=O)n(-c2cc(F)ccc2OC)c1C. The molecule has 1 aromatic carbocycles.